The first-order valence-electron chi connectivity index (χ1n) is 6.29. The van der Waals surface area contributed by atoms with E-state index in [0.717, 1.165) is 22.9 Å². The van der Waals surface area contributed by atoms with Crippen LogP contribution in [0.25, 0.3) is 22.3 Å². The lowest BCUT2D eigenvalue weighted by molar-refractivity contribution is 0.480. The number of benzene rings is 1. The van der Waals surface area contributed by atoms with E-state index in [-0.39, 0.29) is 11.3 Å². The third-order valence-electron chi connectivity index (χ3n) is 3.38. The van der Waals surface area contributed by atoms with Crippen molar-refractivity contribution in [1.82, 2.24) is 13.3 Å². The molecule has 5 nitrogen and oxygen atoms in total. The van der Waals surface area contributed by atoms with Crippen molar-refractivity contribution in [2.75, 3.05) is 0 Å². The van der Waals surface area contributed by atoms with Crippen LogP contribution < -0.4 is 5.56 Å². The predicted octanol–water partition coefficient (Wildman–Crippen LogP) is 2.55. The molecule has 0 unspecified atom stereocenters. The summed E-state index contributed by atoms with van der Waals surface area (Å²) in [4.78, 5) is 12.6. The number of rotatable bonds is 2. The van der Waals surface area contributed by atoms with Crippen LogP contribution in [0.15, 0.2) is 29.1 Å². The number of hydrogen-bond donors (Lipinski definition) is 1. The Morgan fingerprint density at radius 3 is 2.75 bits per heavy atom. The van der Waals surface area contributed by atoms with Crippen LogP contribution in [-0.4, -0.2) is 18.4 Å². The zero-order valence-corrected chi connectivity index (χ0v) is 11.9. The van der Waals surface area contributed by atoms with Crippen molar-refractivity contribution in [3.05, 3.63) is 40.2 Å². The number of pyridine rings is 1. The molecule has 3 rings (SSSR count). The van der Waals surface area contributed by atoms with Gasteiger partial charge in [-0.15, -0.1) is 0 Å². The molecule has 0 amide bonds. The Balaban J connectivity index is 2.48. The molecule has 0 spiro atoms. The second-order valence-corrected chi connectivity index (χ2v) is 5.05. The van der Waals surface area contributed by atoms with Gasteiger partial charge < -0.3 is 5.11 Å². The highest BCUT2D eigenvalue weighted by molar-refractivity contribution is 7.00. The molecule has 1 N–H and O–H groups in total. The minimum Gasteiger partial charge on any atom is -0.505 e. The Morgan fingerprint density at radius 2 is 2.05 bits per heavy atom. The summed E-state index contributed by atoms with van der Waals surface area (Å²) < 4.78 is 9.75. The number of aryl methyl sites for hydroxylation is 2. The van der Waals surface area contributed by atoms with Crippen LogP contribution >= 0.6 is 11.7 Å². The smallest absolute Gasteiger partial charge is 0.263 e. The number of aromatic hydroxyl groups is 1. The van der Waals surface area contributed by atoms with Gasteiger partial charge in [-0.25, -0.2) is 0 Å². The third-order valence-corrected chi connectivity index (χ3v) is 3.90. The molecular formula is C14H13N3O2S. The van der Waals surface area contributed by atoms with Crippen molar-refractivity contribution >= 4 is 22.9 Å². The molecular weight excluding hydrogens is 274 g/mol. The van der Waals surface area contributed by atoms with Crippen LogP contribution in [0.4, 0.5) is 0 Å². The monoisotopic (exact) mass is 287 g/mol. The molecule has 0 aliphatic heterocycles. The highest BCUT2D eigenvalue weighted by atomic mass is 32.1. The summed E-state index contributed by atoms with van der Waals surface area (Å²) in [6, 6.07) is 7.49. The fourth-order valence-corrected chi connectivity index (χ4v) is 2.90. The minimum absolute atomic E-state index is 0.0854. The molecule has 2 aromatic heterocycles. The van der Waals surface area contributed by atoms with Crippen molar-refractivity contribution in [1.29, 1.82) is 0 Å². The summed E-state index contributed by atoms with van der Waals surface area (Å²) in [6.07, 6.45) is 0. The average Bonchev–Trinajstić information content (AvgIpc) is 2.91. The maximum atomic E-state index is 12.6. The summed E-state index contributed by atoms with van der Waals surface area (Å²) in [6.45, 7) is 4.27. The molecule has 0 bridgehead atoms. The molecule has 3 aromatic rings. The van der Waals surface area contributed by atoms with Crippen LogP contribution in [0.5, 0.6) is 5.75 Å². The molecule has 0 atom stereocenters. The lowest BCUT2D eigenvalue weighted by Crippen LogP contribution is -2.22. The van der Waals surface area contributed by atoms with Crippen LogP contribution in [0, 0.1) is 6.92 Å². The molecule has 0 fully saturated rings. The van der Waals surface area contributed by atoms with Gasteiger partial charge in [-0.3, -0.25) is 9.36 Å². The topological polar surface area (TPSA) is 68.0 Å². The van der Waals surface area contributed by atoms with Gasteiger partial charge in [-0.05, 0) is 25.0 Å². The highest BCUT2D eigenvalue weighted by Gasteiger charge is 2.20. The standard InChI is InChI=1S/C14H13N3O2S/c1-3-17-13-11(15-20-16-13)12(18)10(14(17)19)9-7-5-4-6-8(9)2/h4-7,18H,3H2,1-2H3. The van der Waals surface area contributed by atoms with Gasteiger partial charge in [0.1, 0.15) is 0 Å². The van der Waals surface area contributed by atoms with E-state index in [4.69, 9.17) is 0 Å². The largest absolute Gasteiger partial charge is 0.505 e. The quantitative estimate of drug-likeness (QED) is 0.786. The van der Waals surface area contributed by atoms with Gasteiger partial charge >= 0.3 is 0 Å². The lowest BCUT2D eigenvalue weighted by Gasteiger charge is -2.11. The van der Waals surface area contributed by atoms with E-state index >= 15 is 0 Å². The van der Waals surface area contributed by atoms with Crippen molar-refractivity contribution < 1.29 is 5.11 Å². The van der Waals surface area contributed by atoms with E-state index in [2.05, 4.69) is 8.75 Å². The van der Waals surface area contributed by atoms with Crippen molar-refractivity contribution in [2.24, 2.45) is 0 Å². The van der Waals surface area contributed by atoms with Gasteiger partial charge in [0.25, 0.3) is 5.56 Å². The molecule has 1 aromatic carbocycles. The molecule has 0 saturated heterocycles. The molecule has 2 heterocycles. The van der Waals surface area contributed by atoms with Gasteiger partial charge in [0.15, 0.2) is 16.9 Å². The second kappa shape index (κ2) is 4.72. The zero-order valence-electron chi connectivity index (χ0n) is 11.1. The van der Waals surface area contributed by atoms with Crippen LogP contribution in [0.1, 0.15) is 12.5 Å². The normalized spacial score (nSPS) is 11.1. The fourth-order valence-electron chi connectivity index (χ4n) is 2.35. The SMILES string of the molecule is CCn1c(=O)c(-c2ccccc2C)c(O)c2nsnc21. The first-order valence-corrected chi connectivity index (χ1v) is 7.02. The number of fused-ring (bicyclic) bond motifs is 1. The Bertz CT molecular complexity index is 851. The first-order chi connectivity index (χ1) is 9.65. The van der Waals surface area contributed by atoms with E-state index in [1.54, 1.807) is 4.57 Å². The van der Waals surface area contributed by atoms with E-state index in [1.807, 2.05) is 38.1 Å². The number of nitrogens with zero attached hydrogens (tertiary/aromatic N) is 3. The average molecular weight is 287 g/mol. The maximum absolute atomic E-state index is 12.6. The van der Waals surface area contributed by atoms with Crippen LogP contribution in [0.3, 0.4) is 0 Å². The predicted molar refractivity (Wildman–Crippen MR) is 79.2 cm³/mol. The molecule has 6 heteroatoms. The summed E-state index contributed by atoms with van der Waals surface area (Å²) in [5.74, 6) is -0.0854. The summed E-state index contributed by atoms with van der Waals surface area (Å²) in [7, 11) is 0. The Hall–Kier alpha value is -2.21. The van der Waals surface area contributed by atoms with Crippen molar-refractivity contribution in [3.63, 3.8) is 0 Å². The number of aromatic nitrogens is 3. The Kier molecular flexibility index (Phi) is 3.02. The van der Waals surface area contributed by atoms with Gasteiger partial charge in [-0.1, -0.05) is 24.3 Å². The van der Waals surface area contributed by atoms with Crippen molar-refractivity contribution in [2.45, 2.75) is 20.4 Å². The van der Waals surface area contributed by atoms with E-state index < -0.39 is 0 Å². The Morgan fingerprint density at radius 1 is 1.30 bits per heavy atom. The van der Waals surface area contributed by atoms with E-state index in [0.29, 0.717) is 23.3 Å². The summed E-state index contributed by atoms with van der Waals surface area (Å²) >= 11 is 0.994. The van der Waals surface area contributed by atoms with E-state index in [1.165, 1.54) is 0 Å². The molecule has 102 valence electrons. The zero-order chi connectivity index (χ0) is 14.3. The fraction of sp³-hybridized carbons (Fsp3) is 0.214. The van der Waals surface area contributed by atoms with Crippen LogP contribution in [-0.2, 0) is 6.54 Å². The summed E-state index contributed by atoms with van der Waals surface area (Å²) in [5.41, 5.74) is 2.55. The minimum atomic E-state index is -0.237. The van der Waals surface area contributed by atoms with Gasteiger partial charge in [-0.2, -0.15) is 8.75 Å². The van der Waals surface area contributed by atoms with Gasteiger partial charge in [0.2, 0.25) is 0 Å². The second-order valence-electron chi connectivity index (χ2n) is 4.52. The molecule has 20 heavy (non-hydrogen) atoms. The maximum Gasteiger partial charge on any atom is 0.263 e. The molecule has 0 aliphatic rings. The third kappa shape index (κ3) is 1.72. The van der Waals surface area contributed by atoms with Crippen LogP contribution in [0.2, 0.25) is 0 Å². The molecule has 0 radical (unpaired) electrons. The summed E-state index contributed by atoms with van der Waals surface area (Å²) in [5, 5.41) is 10.4. The molecule has 0 aliphatic carbocycles. The number of hydrogen-bond acceptors (Lipinski definition) is 5. The highest BCUT2D eigenvalue weighted by Crippen LogP contribution is 2.33. The first kappa shape index (κ1) is 12.8. The molecule has 0 saturated carbocycles. The lowest BCUT2D eigenvalue weighted by atomic mass is 10.0. The van der Waals surface area contributed by atoms with Gasteiger partial charge in [0.05, 0.1) is 17.3 Å². The van der Waals surface area contributed by atoms with Gasteiger partial charge in [0, 0.05) is 6.54 Å². The van der Waals surface area contributed by atoms with Crippen molar-refractivity contribution in [3.8, 4) is 16.9 Å². The van der Waals surface area contributed by atoms with E-state index in [9.17, 15) is 9.90 Å². The Labute approximate surface area is 119 Å².